The van der Waals surface area contributed by atoms with Gasteiger partial charge in [-0.2, -0.15) is 0 Å². The number of carbonyl (C=O) groups excluding carboxylic acids is 1. The zero-order valence-corrected chi connectivity index (χ0v) is 11.2. The number of aryl methyl sites for hydroxylation is 1. The SMILES string of the molecule is COC(=O)[C@@]1(C)CCc2cc(O)c(C)c(C)c2O1. The van der Waals surface area contributed by atoms with Crippen LogP contribution >= 0.6 is 0 Å². The van der Waals surface area contributed by atoms with Crippen molar-refractivity contribution in [3.8, 4) is 11.5 Å². The Kier molecular flexibility index (Phi) is 2.97. The van der Waals surface area contributed by atoms with Crippen LogP contribution in [0, 0.1) is 13.8 Å². The molecule has 0 radical (unpaired) electrons. The highest BCUT2D eigenvalue weighted by Crippen LogP contribution is 2.40. The zero-order valence-electron chi connectivity index (χ0n) is 11.2. The summed E-state index contributed by atoms with van der Waals surface area (Å²) in [7, 11) is 1.36. The number of phenolic OH excluding ortho intramolecular Hbond substituents is 1. The summed E-state index contributed by atoms with van der Waals surface area (Å²) < 4.78 is 10.6. The largest absolute Gasteiger partial charge is 0.508 e. The van der Waals surface area contributed by atoms with E-state index in [-0.39, 0.29) is 11.7 Å². The number of benzene rings is 1. The van der Waals surface area contributed by atoms with E-state index in [4.69, 9.17) is 9.47 Å². The summed E-state index contributed by atoms with van der Waals surface area (Å²) in [6, 6.07) is 1.72. The Morgan fingerprint density at radius 1 is 1.44 bits per heavy atom. The predicted molar refractivity (Wildman–Crippen MR) is 67.0 cm³/mol. The molecular weight excluding hydrogens is 232 g/mol. The average Bonchev–Trinajstić information content (AvgIpc) is 2.36. The first-order chi connectivity index (χ1) is 8.39. The lowest BCUT2D eigenvalue weighted by Gasteiger charge is -2.34. The molecule has 1 heterocycles. The van der Waals surface area contributed by atoms with Crippen LogP contribution in [0.25, 0.3) is 0 Å². The van der Waals surface area contributed by atoms with Crippen molar-refractivity contribution in [3.63, 3.8) is 0 Å². The maximum absolute atomic E-state index is 11.8. The van der Waals surface area contributed by atoms with Crippen LogP contribution in [0.3, 0.4) is 0 Å². The second-order valence-electron chi connectivity index (χ2n) is 4.96. The number of ether oxygens (including phenoxy) is 2. The molecule has 1 atom stereocenters. The van der Waals surface area contributed by atoms with Crippen LogP contribution in [-0.4, -0.2) is 23.8 Å². The van der Waals surface area contributed by atoms with E-state index in [1.54, 1.807) is 13.0 Å². The molecule has 4 heteroatoms. The van der Waals surface area contributed by atoms with Gasteiger partial charge < -0.3 is 14.6 Å². The highest BCUT2D eigenvalue weighted by molar-refractivity contribution is 5.80. The van der Waals surface area contributed by atoms with Gasteiger partial charge in [0.1, 0.15) is 11.5 Å². The third-order valence-corrected chi connectivity index (χ3v) is 3.71. The first-order valence-electron chi connectivity index (χ1n) is 5.98. The molecule has 0 aromatic heterocycles. The molecule has 0 saturated carbocycles. The molecule has 0 spiro atoms. The Hall–Kier alpha value is -1.71. The van der Waals surface area contributed by atoms with Gasteiger partial charge in [-0.05, 0) is 49.9 Å². The van der Waals surface area contributed by atoms with Crippen LogP contribution in [0.15, 0.2) is 6.07 Å². The van der Waals surface area contributed by atoms with Crippen LogP contribution in [-0.2, 0) is 16.0 Å². The van der Waals surface area contributed by atoms with Crippen molar-refractivity contribution in [3.05, 3.63) is 22.8 Å². The second kappa shape index (κ2) is 4.19. The van der Waals surface area contributed by atoms with E-state index >= 15 is 0 Å². The van der Waals surface area contributed by atoms with Crippen LogP contribution in [0.5, 0.6) is 11.5 Å². The van der Waals surface area contributed by atoms with Gasteiger partial charge in [0, 0.05) is 6.42 Å². The molecule has 0 saturated heterocycles. The molecule has 0 unspecified atom stereocenters. The number of esters is 1. The minimum Gasteiger partial charge on any atom is -0.508 e. The number of carbonyl (C=O) groups is 1. The number of hydrogen-bond acceptors (Lipinski definition) is 4. The lowest BCUT2D eigenvalue weighted by atomic mass is 9.90. The summed E-state index contributed by atoms with van der Waals surface area (Å²) in [6.07, 6.45) is 1.24. The average molecular weight is 250 g/mol. The standard InChI is InChI=1S/C14H18O4/c1-8-9(2)12-10(7-11(8)15)5-6-14(3,18-12)13(16)17-4/h7,15H,5-6H2,1-4H3/t14-/m1/s1. The van der Waals surface area contributed by atoms with Gasteiger partial charge in [-0.3, -0.25) is 0 Å². The van der Waals surface area contributed by atoms with Gasteiger partial charge in [0.2, 0.25) is 5.60 Å². The van der Waals surface area contributed by atoms with Gasteiger partial charge in [0.25, 0.3) is 0 Å². The fourth-order valence-corrected chi connectivity index (χ4v) is 2.28. The van der Waals surface area contributed by atoms with E-state index in [2.05, 4.69) is 0 Å². The van der Waals surface area contributed by atoms with Crippen LogP contribution in [0.4, 0.5) is 0 Å². The van der Waals surface area contributed by atoms with E-state index < -0.39 is 5.60 Å². The van der Waals surface area contributed by atoms with Crippen molar-refractivity contribution in [2.24, 2.45) is 0 Å². The quantitative estimate of drug-likeness (QED) is 0.777. The summed E-state index contributed by atoms with van der Waals surface area (Å²) >= 11 is 0. The van der Waals surface area contributed by atoms with Crippen molar-refractivity contribution in [1.29, 1.82) is 0 Å². The third-order valence-electron chi connectivity index (χ3n) is 3.71. The third kappa shape index (κ3) is 1.82. The van der Waals surface area contributed by atoms with Crippen molar-refractivity contribution >= 4 is 5.97 Å². The molecule has 1 aromatic rings. The maximum atomic E-state index is 11.8. The molecule has 0 amide bonds. The summed E-state index contributed by atoms with van der Waals surface area (Å²) in [6.45, 7) is 5.46. The van der Waals surface area contributed by atoms with Crippen LogP contribution in [0.1, 0.15) is 30.0 Å². The van der Waals surface area contributed by atoms with Gasteiger partial charge in [0.15, 0.2) is 0 Å². The summed E-state index contributed by atoms with van der Waals surface area (Å²) in [5.74, 6) is 0.610. The van der Waals surface area contributed by atoms with Crippen LogP contribution < -0.4 is 4.74 Å². The molecule has 1 aliphatic heterocycles. The van der Waals surface area contributed by atoms with Crippen molar-refractivity contribution in [1.82, 2.24) is 0 Å². The highest BCUT2D eigenvalue weighted by Gasteiger charge is 2.41. The van der Waals surface area contributed by atoms with E-state index in [1.165, 1.54) is 7.11 Å². The van der Waals surface area contributed by atoms with Gasteiger partial charge in [-0.25, -0.2) is 4.79 Å². The number of hydrogen-bond donors (Lipinski definition) is 1. The molecule has 4 nitrogen and oxygen atoms in total. The highest BCUT2D eigenvalue weighted by atomic mass is 16.6. The van der Waals surface area contributed by atoms with Gasteiger partial charge in [-0.1, -0.05) is 0 Å². The Labute approximate surface area is 107 Å². The molecule has 0 aliphatic carbocycles. The lowest BCUT2D eigenvalue weighted by molar-refractivity contribution is -0.159. The minimum absolute atomic E-state index is 0.275. The molecule has 18 heavy (non-hydrogen) atoms. The molecule has 1 aliphatic rings. The van der Waals surface area contributed by atoms with Gasteiger partial charge in [0.05, 0.1) is 7.11 Å². The Morgan fingerprint density at radius 3 is 2.72 bits per heavy atom. The van der Waals surface area contributed by atoms with Crippen LogP contribution in [0.2, 0.25) is 0 Å². The summed E-state index contributed by atoms with van der Waals surface area (Å²) in [5.41, 5.74) is 1.66. The fraction of sp³-hybridized carbons (Fsp3) is 0.500. The fourth-order valence-electron chi connectivity index (χ4n) is 2.28. The van der Waals surface area contributed by atoms with E-state index in [0.717, 1.165) is 16.7 Å². The molecule has 1 aromatic carbocycles. The molecule has 2 rings (SSSR count). The first-order valence-corrected chi connectivity index (χ1v) is 5.98. The Morgan fingerprint density at radius 2 is 2.11 bits per heavy atom. The summed E-state index contributed by atoms with van der Waals surface area (Å²) in [5, 5.41) is 9.79. The van der Waals surface area contributed by atoms with E-state index in [9.17, 15) is 9.90 Å². The van der Waals surface area contributed by atoms with Gasteiger partial charge >= 0.3 is 5.97 Å². The maximum Gasteiger partial charge on any atom is 0.349 e. The summed E-state index contributed by atoms with van der Waals surface area (Å²) in [4.78, 5) is 11.8. The predicted octanol–water partition coefficient (Wildman–Crippen LogP) is 2.27. The zero-order chi connectivity index (χ0) is 13.5. The number of aromatic hydroxyl groups is 1. The topological polar surface area (TPSA) is 55.8 Å². The van der Waals surface area contributed by atoms with Gasteiger partial charge in [-0.15, -0.1) is 0 Å². The monoisotopic (exact) mass is 250 g/mol. The molecule has 0 fully saturated rings. The van der Waals surface area contributed by atoms with Crippen molar-refractivity contribution in [2.75, 3.05) is 7.11 Å². The second-order valence-corrected chi connectivity index (χ2v) is 4.96. The van der Waals surface area contributed by atoms with Crippen molar-refractivity contribution < 1.29 is 19.4 Å². The number of fused-ring (bicyclic) bond motifs is 1. The molecule has 1 N–H and O–H groups in total. The Balaban J connectivity index is 2.46. The number of rotatable bonds is 1. The first kappa shape index (κ1) is 12.7. The van der Waals surface area contributed by atoms with Crippen molar-refractivity contribution in [2.45, 2.75) is 39.2 Å². The molecular formula is C14H18O4. The number of phenols is 1. The Bertz CT molecular complexity index is 507. The lowest BCUT2D eigenvalue weighted by Crippen LogP contribution is -2.45. The minimum atomic E-state index is -0.935. The number of methoxy groups -OCH3 is 1. The smallest absolute Gasteiger partial charge is 0.349 e. The van der Waals surface area contributed by atoms with E-state index in [0.29, 0.717) is 18.6 Å². The normalized spacial score (nSPS) is 22.0. The molecule has 0 bridgehead atoms. The molecule has 98 valence electrons. The van der Waals surface area contributed by atoms with E-state index in [1.807, 2.05) is 13.8 Å².